The summed E-state index contributed by atoms with van der Waals surface area (Å²) in [5.74, 6) is 0.521. The highest BCUT2D eigenvalue weighted by Crippen LogP contribution is 2.32. The lowest BCUT2D eigenvalue weighted by Gasteiger charge is -2.18. The van der Waals surface area contributed by atoms with E-state index in [4.69, 9.17) is 0 Å². The molecule has 1 aliphatic rings. The third-order valence-electron chi connectivity index (χ3n) is 4.68. The average molecular weight is 344 g/mol. The summed E-state index contributed by atoms with van der Waals surface area (Å²) in [4.78, 5) is 23.4. The summed E-state index contributed by atoms with van der Waals surface area (Å²) in [5.41, 5.74) is 4.70. The van der Waals surface area contributed by atoms with Crippen LogP contribution in [0.15, 0.2) is 60.9 Å². The molecule has 1 aromatic heterocycles. The Kier molecular flexibility index (Phi) is 4.35. The molecule has 0 aliphatic carbocycles. The number of para-hydroxylation sites is 2. The van der Waals surface area contributed by atoms with Crippen molar-refractivity contribution in [2.45, 2.75) is 19.8 Å². The van der Waals surface area contributed by atoms with Crippen molar-refractivity contribution in [3.8, 4) is 0 Å². The molecule has 0 bridgehead atoms. The van der Waals surface area contributed by atoms with Gasteiger partial charge in [-0.3, -0.25) is 4.79 Å². The van der Waals surface area contributed by atoms with Crippen molar-refractivity contribution < 1.29 is 4.79 Å². The van der Waals surface area contributed by atoms with Crippen molar-refractivity contribution in [3.05, 3.63) is 77.7 Å². The Bertz CT molecular complexity index is 937. The van der Waals surface area contributed by atoms with Crippen molar-refractivity contribution in [2.75, 3.05) is 16.8 Å². The highest BCUT2D eigenvalue weighted by molar-refractivity contribution is 6.03. The Balaban J connectivity index is 1.52. The Hall–Kier alpha value is -3.21. The van der Waals surface area contributed by atoms with E-state index in [9.17, 15) is 4.79 Å². The molecule has 2 heterocycles. The molecule has 5 heteroatoms. The third kappa shape index (κ3) is 3.04. The molecule has 1 amide bonds. The monoisotopic (exact) mass is 344 g/mol. The maximum Gasteiger partial charge on any atom is 0.275 e. The first-order valence-corrected chi connectivity index (χ1v) is 8.83. The lowest BCUT2D eigenvalue weighted by Crippen LogP contribution is -2.18. The number of aromatic nitrogens is 2. The first-order chi connectivity index (χ1) is 12.8. The molecule has 1 aliphatic heterocycles. The smallest absolute Gasteiger partial charge is 0.275 e. The Morgan fingerprint density at radius 3 is 2.69 bits per heavy atom. The largest absolute Gasteiger partial charge is 0.325 e. The van der Waals surface area contributed by atoms with Crippen LogP contribution in [0.1, 0.15) is 28.5 Å². The van der Waals surface area contributed by atoms with Gasteiger partial charge >= 0.3 is 0 Å². The standard InChI is InChI=1S/C21H20N4O/c1-2-15-7-3-5-9-17(15)24-21(26)18-13-23-20(14-22-18)25-12-11-16-8-4-6-10-19(16)25/h3-10,13-14H,2,11-12H2,1H3,(H,24,26). The molecule has 0 atom stereocenters. The Labute approximate surface area is 152 Å². The number of nitrogens with zero attached hydrogens (tertiary/aromatic N) is 3. The molecule has 0 unspecified atom stereocenters. The van der Waals surface area contributed by atoms with E-state index in [-0.39, 0.29) is 5.91 Å². The lowest BCUT2D eigenvalue weighted by molar-refractivity contribution is 0.102. The maximum atomic E-state index is 12.5. The number of amides is 1. The number of fused-ring (bicyclic) bond motifs is 1. The molecule has 0 radical (unpaired) electrons. The van der Waals surface area contributed by atoms with Crippen LogP contribution < -0.4 is 10.2 Å². The molecule has 0 saturated heterocycles. The predicted octanol–water partition coefficient (Wildman–Crippen LogP) is 3.99. The molecule has 3 aromatic rings. The van der Waals surface area contributed by atoms with E-state index >= 15 is 0 Å². The van der Waals surface area contributed by atoms with Gasteiger partial charge in [0.2, 0.25) is 0 Å². The zero-order valence-electron chi connectivity index (χ0n) is 14.6. The summed E-state index contributed by atoms with van der Waals surface area (Å²) >= 11 is 0. The minimum atomic E-state index is -0.244. The second kappa shape index (κ2) is 6.96. The summed E-state index contributed by atoms with van der Waals surface area (Å²) < 4.78 is 0. The molecule has 0 spiro atoms. The van der Waals surface area contributed by atoms with Gasteiger partial charge in [-0.1, -0.05) is 43.3 Å². The number of nitrogens with one attached hydrogen (secondary N) is 1. The molecular weight excluding hydrogens is 324 g/mol. The molecular formula is C21H20N4O. The zero-order valence-corrected chi connectivity index (χ0v) is 14.6. The van der Waals surface area contributed by atoms with Crippen LogP contribution in [-0.2, 0) is 12.8 Å². The molecule has 130 valence electrons. The van der Waals surface area contributed by atoms with E-state index in [2.05, 4.69) is 45.3 Å². The van der Waals surface area contributed by atoms with Gasteiger partial charge in [-0.05, 0) is 36.1 Å². The van der Waals surface area contributed by atoms with Gasteiger partial charge in [-0.2, -0.15) is 0 Å². The van der Waals surface area contributed by atoms with Crippen molar-refractivity contribution in [1.29, 1.82) is 0 Å². The van der Waals surface area contributed by atoms with Gasteiger partial charge in [0.15, 0.2) is 5.82 Å². The molecule has 0 saturated carbocycles. The van der Waals surface area contributed by atoms with E-state index in [1.165, 1.54) is 5.56 Å². The van der Waals surface area contributed by atoms with Crippen LogP contribution in [-0.4, -0.2) is 22.4 Å². The van der Waals surface area contributed by atoms with Crippen LogP contribution in [0.4, 0.5) is 17.2 Å². The van der Waals surface area contributed by atoms with Crippen LogP contribution in [0, 0.1) is 0 Å². The Morgan fingerprint density at radius 1 is 1.08 bits per heavy atom. The van der Waals surface area contributed by atoms with Gasteiger partial charge in [0.25, 0.3) is 5.91 Å². The zero-order chi connectivity index (χ0) is 17.9. The second-order valence-electron chi connectivity index (χ2n) is 6.26. The van der Waals surface area contributed by atoms with Gasteiger partial charge < -0.3 is 10.2 Å². The molecule has 5 nitrogen and oxygen atoms in total. The quantitative estimate of drug-likeness (QED) is 0.777. The summed E-state index contributed by atoms with van der Waals surface area (Å²) in [7, 11) is 0. The SMILES string of the molecule is CCc1ccccc1NC(=O)c1cnc(N2CCc3ccccc32)cn1. The van der Waals surface area contributed by atoms with E-state index in [0.717, 1.165) is 42.1 Å². The van der Waals surface area contributed by atoms with Crippen molar-refractivity contribution in [2.24, 2.45) is 0 Å². The number of rotatable bonds is 4. The van der Waals surface area contributed by atoms with Crippen LogP contribution in [0.3, 0.4) is 0 Å². The number of carbonyl (C=O) groups is 1. The third-order valence-corrected chi connectivity index (χ3v) is 4.68. The number of benzene rings is 2. The first kappa shape index (κ1) is 16.3. The highest BCUT2D eigenvalue weighted by Gasteiger charge is 2.21. The van der Waals surface area contributed by atoms with Crippen molar-refractivity contribution in [1.82, 2.24) is 9.97 Å². The molecule has 4 rings (SSSR count). The topological polar surface area (TPSA) is 58.1 Å². The Morgan fingerprint density at radius 2 is 1.88 bits per heavy atom. The van der Waals surface area contributed by atoms with Gasteiger partial charge in [0, 0.05) is 17.9 Å². The van der Waals surface area contributed by atoms with Gasteiger partial charge in [-0.15, -0.1) is 0 Å². The van der Waals surface area contributed by atoms with E-state index < -0.39 is 0 Å². The molecule has 2 aromatic carbocycles. The molecule has 0 fully saturated rings. The van der Waals surface area contributed by atoms with E-state index in [0.29, 0.717) is 5.69 Å². The van der Waals surface area contributed by atoms with E-state index in [1.807, 2.05) is 30.3 Å². The fourth-order valence-electron chi connectivity index (χ4n) is 3.29. The number of aryl methyl sites for hydroxylation is 1. The average Bonchev–Trinajstić information content (AvgIpc) is 3.12. The minimum absolute atomic E-state index is 0.244. The summed E-state index contributed by atoms with van der Waals surface area (Å²) in [5, 5.41) is 2.93. The predicted molar refractivity (Wildman–Crippen MR) is 103 cm³/mol. The number of anilines is 3. The summed E-state index contributed by atoms with van der Waals surface area (Å²) in [6.07, 6.45) is 5.06. The second-order valence-corrected chi connectivity index (χ2v) is 6.26. The molecule has 26 heavy (non-hydrogen) atoms. The van der Waals surface area contributed by atoms with Crippen LogP contribution in [0.2, 0.25) is 0 Å². The number of hydrogen-bond acceptors (Lipinski definition) is 4. The normalized spacial score (nSPS) is 12.7. The number of hydrogen-bond donors (Lipinski definition) is 1. The van der Waals surface area contributed by atoms with Crippen molar-refractivity contribution in [3.63, 3.8) is 0 Å². The fourth-order valence-corrected chi connectivity index (χ4v) is 3.29. The summed E-state index contributed by atoms with van der Waals surface area (Å²) in [6, 6.07) is 16.1. The van der Waals surface area contributed by atoms with Crippen LogP contribution in [0.5, 0.6) is 0 Å². The van der Waals surface area contributed by atoms with Gasteiger partial charge in [0.1, 0.15) is 5.69 Å². The van der Waals surface area contributed by atoms with Crippen LogP contribution >= 0.6 is 0 Å². The highest BCUT2D eigenvalue weighted by atomic mass is 16.1. The fraction of sp³-hybridized carbons (Fsp3) is 0.190. The minimum Gasteiger partial charge on any atom is -0.325 e. The van der Waals surface area contributed by atoms with Gasteiger partial charge in [0.05, 0.1) is 12.4 Å². The summed E-state index contributed by atoms with van der Waals surface area (Å²) in [6.45, 7) is 2.94. The van der Waals surface area contributed by atoms with Crippen LogP contribution in [0.25, 0.3) is 0 Å². The molecule has 1 N–H and O–H groups in total. The number of carbonyl (C=O) groups excluding carboxylic acids is 1. The maximum absolute atomic E-state index is 12.5. The lowest BCUT2D eigenvalue weighted by atomic mass is 10.1. The van der Waals surface area contributed by atoms with Crippen molar-refractivity contribution >= 4 is 23.1 Å². The van der Waals surface area contributed by atoms with E-state index in [1.54, 1.807) is 12.4 Å². The first-order valence-electron chi connectivity index (χ1n) is 8.83. The van der Waals surface area contributed by atoms with Gasteiger partial charge in [-0.25, -0.2) is 9.97 Å².